The Hall–Kier alpha value is 1.00. The highest BCUT2D eigenvalue weighted by atomic mass is 128. The molecule has 0 aromatic carbocycles. The molecule has 0 radical (unpaired) electrons. The topological polar surface area (TPSA) is 102 Å². The van der Waals surface area contributed by atoms with Crippen molar-refractivity contribution in [3.8, 4) is 0 Å². The fourth-order valence-electron chi connectivity index (χ4n) is 0.827. The number of rotatable bonds is 8. The first kappa shape index (κ1) is 21.3. The molecule has 18 heavy (non-hydrogen) atoms. The molecule has 110 valence electrons. The van der Waals surface area contributed by atoms with E-state index in [1.54, 1.807) is 0 Å². The average Bonchev–Trinajstić information content (AvgIpc) is 2.31. The number of methoxy groups -OCH3 is 1. The highest BCUT2D eigenvalue weighted by Crippen LogP contribution is 2.35. The van der Waals surface area contributed by atoms with Crippen LogP contribution in [-0.4, -0.2) is 42.2 Å². The first-order chi connectivity index (χ1) is 8.39. The molecule has 0 bridgehead atoms. The Labute approximate surface area is 130 Å². The number of phosphoric acid groups is 1. The van der Waals surface area contributed by atoms with Crippen molar-refractivity contribution in [2.24, 2.45) is 0 Å². The third-order valence-corrected chi connectivity index (χ3v) is 2.13. The average molecular weight is 510 g/mol. The third kappa shape index (κ3) is 15.1. The Kier molecular flexibility index (Phi) is 15.4. The van der Waals surface area contributed by atoms with Gasteiger partial charge in [0.2, 0.25) is 0 Å². The monoisotopic (exact) mass is 510 g/mol. The van der Waals surface area contributed by atoms with E-state index in [2.05, 4.69) is 41.8 Å². The molecule has 1 atom stereocenters. The maximum atomic E-state index is 11.0. The highest BCUT2D eigenvalue weighted by Gasteiger charge is 2.19. The zero-order valence-corrected chi connectivity index (χ0v) is 15.3. The van der Waals surface area contributed by atoms with Crippen molar-refractivity contribution in [1.29, 1.82) is 0 Å². The van der Waals surface area contributed by atoms with Crippen molar-refractivity contribution in [3.63, 3.8) is 0 Å². The molecule has 7 nitrogen and oxygen atoms in total. The van der Waals surface area contributed by atoms with Gasteiger partial charge in [0.1, 0.15) is 12.7 Å². The minimum atomic E-state index is -4.51. The molecule has 0 saturated heterocycles. The molecular weight excluding hydrogens is 493 g/mol. The molecule has 0 aromatic heterocycles. The number of hydrogen-bond acceptors (Lipinski definition) is 5. The molecule has 0 fully saturated rings. The summed E-state index contributed by atoms with van der Waals surface area (Å²) in [6.45, 7) is 1.42. The molecule has 10 heteroatoms. The molecule has 0 aliphatic heterocycles. The fraction of sp³-hybridized carbons (Fsp3) is 0.875. The van der Waals surface area contributed by atoms with Crippen molar-refractivity contribution < 1.29 is 33.1 Å². The number of carbonyl (C=O) groups is 1. The number of carbonyl (C=O) groups excluding carboxylic acids is 1. The van der Waals surface area contributed by atoms with Gasteiger partial charge in [0.05, 0.1) is 6.61 Å². The van der Waals surface area contributed by atoms with Gasteiger partial charge in [-0.05, 0) is 6.42 Å². The van der Waals surface area contributed by atoms with Crippen LogP contribution in [0.1, 0.15) is 19.8 Å². The fourth-order valence-corrected chi connectivity index (χ4v) is 1.19. The molecular formula is C8H17I2O7P. The van der Waals surface area contributed by atoms with E-state index >= 15 is 0 Å². The van der Waals surface area contributed by atoms with E-state index in [0.717, 1.165) is 0 Å². The van der Waals surface area contributed by atoms with Crippen molar-refractivity contribution in [1.82, 2.24) is 0 Å². The second-order valence-corrected chi connectivity index (χ2v) is 4.32. The third-order valence-electron chi connectivity index (χ3n) is 1.65. The van der Waals surface area contributed by atoms with Gasteiger partial charge in [0, 0.05) is 50.8 Å². The predicted molar refractivity (Wildman–Crippen MR) is 82.7 cm³/mol. The second-order valence-electron chi connectivity index (χ2n) is 3.08. The van der Waals surface area contributed by atoms with E-state index in [1.165, 1.54) is 7.11 Å². The lowest BCUT2D eigenvalue weighted by molar-refractivity contribution is -0.148. The first-order valence-corrected chi connectivity index (χ1v) is 12.7. The summed E-state index contributed by atoms with van der Waals surface area (Å²) in [4.78, 5) is 27.9. The van der Waals surface area contributed by atoms with Crippen molar-refractivity contribution in [2.45, 2.75) is 25.9 Å². The van der Waals surface area contributed by atoms with Crippen molar-refractivity contribution in [3.05, 3.63) is 0 Å². The molecule has 0 spiro atoms. The number of ether oxygens (including phenoxy) is 2. The molecule has 1 unspecified atom stereocenters. The minimum Gasteiger partial charge on any atom is -0.463 e. The van der Waals surface area contributed by atoms with Crippen LogP contribution >= 0.6 is 45.1 Å². The van der Waals surface area contributed by atoms with Crippen LogP contribution in [-0.2, 0) is 23.4 Å². The zero-order valence-electron chi connectivity index (χ0n) is 10.0. The van der Waals surface area contributed by atoms with Gasteiger partial charge < -0.3 is 19.3 Å². The molecule has 0 aliphatic carbocycles. The van der Waals surface area contributed by atoms with Crippen LogP contribution in [0.25, 0.3) is 0 Å². The van der Waals surface area contributed by atoms with Gasteiger partial charge in [-0.1, -0.05) is 6.92 Å². The molecule has 0 heterocycles. The number of esters is 1. The normalized spacial score (nSPS) is 12.3. The van der Waals surface area contributed by atoms with Crippen molar-refractivity contribution in [2.75, 3.05) is 20.3 Å². The molecule has 0 amide bonds. The summed E-state index contributed by atoms with van der Waals surface area (Å²) in [6, 6.07) is 0. The molecule has 2 N–H and O–H groups in total. The molecule has 0 rings (SSSR count). The van der Waals surface area contributed by atoms with Crippen LogP contribution in [0.2, 0.25) is 0 Å². The molecule has 0 saturated carbocycles. The summed E-state index contributed by atoms with van der Waals surface area (Å²) in [7, 11) is -3.18. The number of halogens is 2. The summed E-state index contributed by atoms with van der Waals surface area (Å²) in [5, 5.41) is 0. The quantitative estimate of drug-likeness (QED) is 0.294. The smallest absolute Gasteiger partial charge is 0.463 e. The molecule has 0 aliphatic rings. The van der Waals surface area contributed by atoms with Crippen LogP contribution in [0.3, 0.4) is 0 Å². The standard InChI is InChI=1S/C8H17O7P.I2/c1-3-4-8(9)14-5-7(13-2)6-15-16(10,11)12;1-2/h7H,3-6H2,1-2H3,(H2,10,11,12);. The van der Waals surface area contributed by atoms with E-state index in [4.69, 9.17) is 19.3 Å². The maximum absolute atomic E-state index is 11.0. The van der Waals surface area contributed by atoms with E-state index in [0.29, 0.717) is 12.8 Å². The summed E-state index contributed by atoms with van der Waals surface area (Å²) in [5.74, 6) is -0.374. The Morgan fingerprint density at radius 2 is 1.89 bits per heavy atom. The second kappa shape index (κ2) is 13.0. The van der Waals surface area contributed by atoms with E-state index in [1.807, 2.05) is 6.92 Å². The van der Waals surface area contributed by atoms with Crippen LogP contribution < -0.4 is 0 Å². The van der Waals surface area contributed by atoms with Crippen LogP contribution in [0.5, 0.6) is 0 Å². The van der Waals surface area contributed by atoms with Gasteiger partial charge in [0.15, 0.2) is 0 Å². The SMILES string of the molecule is CCCC(=O)OCC(COP(=O)(O)O)OC.II. The van der Waals surface area contributed by atoms with Crippen LogP contribution in [0, 0.1) is 0 Å². The minimum absolute atomic E-state index is 0.0880. The van der Waals surface area contributed by atoms with Crippen molar-refractivity contribution >= 4 is 51.0 Å². The van der Waals surface area contributed by atoms with E-state index < -0.39 is 13.9 Å². The lowest BCUT2D eigenvalue weighted by atomic mass is 10.3. The summed E-state index contributed by atoms with van der Waals surface area (Å²) < 4.78 is 24.3. The van der Waals surface area contributed by atoms with E-state index in [-0.39, 0.29) is 19.2 Å². The van der Waals surface area contributed by atoms with Gasteiger partial charge in [-0.25, -0.2) is 4.57 Å². The largest absolute Gasteiger partial charge is 0.469 e. The van der Waals surface area contributed by atoms with Crippen LogP contribution in [0.4, 0.5) is 0 Å². The number of phosphoric ester groups is 1. The highest BCUT2D eigenvalue weighted by molar-refractivity contribution is 15.0. The lowest BCUT2D eigenvalue weighted by Gasteiger charge is -2.15. The maximum Gasteiger partial charge on any atom is 0.469 e. The summed E-state index contributed by atoms with van der Waals surface area (Å²) in [6.07, 6.45) is 0.291. The Balaban J connectivity index is 0. The van der Waals surface area contributed by atoms with Gasteiger partial charge in [-0.15, -0.1) is 0 Å². The van der Waals surface area contributed by atoms with Gasteiger partial charge in [-0.3, -0.25) is 9.32 Å². The van der Waals surface area contributed by atoms with E-state index in [9.17, 15) is 9.36 Å². The van der Waals surface area contributed by atoms with Crippen LogP contribution in [0.15, 0.2) is 0 Å². The van der Waals surface area contributed by atoms with Gasteiger partial charge in [-0.2, -0.15) is 0 Å². The summed E-state index contributed by atoms with van der Waals surface area (Å²) in [5.41, 5.74) is 0. The van der Waals surface area contributed by atoms with Gasteiger partial charge in [0.25, 0.3) is 0 Å². The Morgan fingerprint density at radius 1 is 1.33 bits per heavy atom. The predicted octanol–water partition coefficient (Wildman–Crippen LogP) is 2.23. The zero-order chi connectivity index (χ0) is 14.6. The van der Waals surface area contributed by atoms with Gasteiger partial charge >= 0.3 is 13.8 Å². The number of hydrogen-bond donors (Lipinski definition) is 2. The summed E-state index contributed by atoms with van der Waals surface area (Å²) >= 11 is 4.24. The first-order valence-electron chi connectivity index (χ1n) is 4.91. The Morgan fingerprint density at radius 3 is 2.28 bits per heavy atom. The Bertz CT molecular complexity index is 258. The lowest BCUT2D eigenvalue weighted by Crippen LogP contribution is -2.25. The molecule has 0 aromatic rings.